The van der Waals surface area contributed by atoms with Crippen molar-refractivity contribution in [3.05, 3.63) is 71.7 Å². The average molecular weight is 322 g/mol. The first-order chi connectivity index (χ1) is 11.7. The Balaban J connectivity index is 1.55. The maximum Gasteiger partial charge on any atom is 0.178 e. The van der Waals surface area contributed by atoms with Gasteiger partial charge in [-0.3, -0.25) is 9.69 Å². The van der Waals surface area contributed by atoms with E-state index < -0.39 is 0 Å². The summed E-state index contributed by atoms with van der Waals surface area (Å²) < 4.78 is 13.9. The number of aromatic amines is 1. The van der Waals surface area contributed by atoms with Crippen LogP contribution in [0.5, 0.6) is 0 Å². The van der Waals surface area contributed by atoms with Crippen LogP contribution in [0.2, 0.25) is 0 Å². The van der Waals surface area contributed by atoms with Gasteiger partial charge in [0, 0.05) is 40.8 Å². The van der Waals surface area contributed by atoms with Gasteiger partial charge in [-0.2, -0.15) is 0 Å². The second-order valence-electron chi connectivity index (χ2n) is 6.40. The normalized spacial score (nSPS) is 14.4. The van der Waals surface area contributed by atoms with Crippen LogP contribution < -0.4 is 0 Å². The minimum atomic E-state index is -0.206. The van der Waals surface area contributed by atoms with E-state index in [1.165, 1.54) is 6.07 Å². The zero-order chi connectivity index (χ0) is 16.5. The molecule has 0 atom stereocenters. The largest absolute Gasteiger partial charge is 0.360 e. The number of fused-ring (bicyclic) bond motifs is 1. The number of para-hydroxylation sites is 1. The van der Waals surface area contributed by atoms with Gasteiger partial charge in [0.05, 0.1) is 6.54 Å². The average Bonchev–Trinajstić information content (AvgIpc) is 3.35. The molecule has 4 rings (SSSR count). The Kier molecular flexibility index (Phi) is 3.90. The van der Waals surface area contributed by atoms with Gasteiger partial charge in [-0.15, -0.1) is 0 Å². The summed E-state index contributed by atoms with van der Waals surface area (Å²) in [5.41, 5.74) is 2.33. The van der Waals surface area contributed by atoms with Crippen molar-refractivity contribution in [2.45, 2.75) is 25.4 Å². The molecule has 1 aliphatic rings. The third kappa shape index (κ3) is 2.97. The SMILES string of the molecule is O=C(CN(Cc1ccccc1F)C1CC1)c1c[nH]c2ccccc12. The number of H-pyrrole nitrogens is 1. The third-order valence-electron chi connectivity index (χ3n) is 4.63. The minimum Gasteiger partial charge on any atom is -0.360 e. The summed E-state index contributed by atoms with van der Waals surface area (Å²) in [6, 6.07) is 15.0. The molecule has 2 aromatic carbocycles. The number of nitrogens with one attached hydrogen (secondary N) is 1. The first kappa shape index (κ1) is 15.1. The van der Waals surface area contributed by atoms with Gasteiger partial charge in [-0.1, -0.05) is 36.4 Å². The summed E-state index contributed by atoms with van der Waals surface area (Å²) in [6.45, 7) is 0.798. The second-order valence-corrected chi connectivity index (χ2v) is 6.40. The molecule has 0 spiro atoms. The Morgan fingerprint density at radius 3 is 2.67 bits per heavy atom. The van der Waals surface area contributed by atoms with Crippen LogP contribution in [0.1, 0.15) is 28.8 Å². The molecule has 0 unspecified atom stereocenters. The van der Waals surface area contributed by atoms with Gasteiger partial charge < -0.3 is 4.98 Å². The van der Waals surface area contributed by atoms with Crippen molar-refractivity contribution in [3.8, 4) is 0 Å². The van der Waals surface area contributed by atoms with Gasteiger partial charge in [0.25, 0.3) is 0 Å². The molecule has 0 bridgehead atoms. The minimum absolute atomic E-state index is 0.0793. The summed E-state index contributed by atoms with van der Waals surface area (Å²) in [6.07, 6.45) is 3.94. The molecule has 0 saturated heterocycles. The molecule has 3 aromatic rings. The summed E-state index contributed by atoms with van der Waals surface area (Å²) in [5, 5.41) is 0.948. The topological polar surface area (TPSA) is 36.1 Å². The van der Waals surface area contributed by atoms with Crippen LogP contribution in [0.15, 0.2) is 54.7 Å². The molecule has 4 heteroatoms. The number of aromatic nitrogens is 1. The Morgan fingerprint density at radius 1 is 1.12 bits per heavy atom. The van der Waals surface area contributed by atoms with Crippen LogP contribution in [0.4, 0.5) is 4.39 Å². The number of hydrogen-bond donors (Lipinski definition) is 1. The Hall–Kier alpha value is -2.46. The fourth-order valence-electron chi connectivity index (χ4n) is 3.17. The number of halogens is 1. The van der Waals surface area contributed by atoms with E-state index in [0.717, 1.165) is 23.7 Å². The lowest BCUT2D eigenvalue weighted by molar-refractivity contribution is 0.0920. The zero-order valence-electron chi connectivity index (χ0n) is 13.3. The van der Waals surface area contributed by atoms with Gasteiger partial charge in [0.2, 0.25) is 0 Å². The standard InChI is InChI=1S/C20H19FN2O/c21-18-7-3-1-5-14(18)12-23(15-9-10-15)13-20(24)17-11-22-19-8-4-2-6-16(17)19/h1-8,11,15,22H,9-10,12-13H2. The van der Waals surface area contributed by atoms with Crippen molar-refractivity contribution in [1.82, 2.24) is 9.88 Å². The number of carbonyl (C=O) groups excluding carboxylic acids is 1. The summed E-state index contributed by atoms with van der Waals surface area (Å²) in [5.74, 6) is -0.126. The molecule has 1 saturated carbocycles. The van der Waals surface area contributed by atoms with E-state index in [4.69, 9.17) is 0 Å². The van der Waals surface area contributed by atoms with E-state index in [2.05, 4.69) is 9.88 Å². The highest BCUT2D eigenvalue weighted by Gasteiger charge is 2.31. The predicted molar refractivity (Wildman–Crippen MR) is 92.5 cm³/mol. The van der Waals surface area contributed by atoms with Gasteiger partial charge in [-0.05, 0) is 25.0 Å². The fraction of sp³-hybridized carbons (Fsp3) is 0.250. The molecular weight excluding hydrogens is 303 g/mol. The first-order valence-electron chi connectivity index (χ1n) is 8.29. The molecule has 1 fully saturated rings. The molecular formula is C20H19FN2O. The van der Waals surface area contributed by atoms with Crippen LogP contribution >= 0.6 is 0 Å². The quantitative estimate of drug-likeness (QED) is 0.692. The van der Waals surface area contributed by atoms with Crippen LogP contribution in [0, 0.1) is 5.82 Å². The number of Topliss-reactive ketones (excluding diaryl/α,β-unsaturated/α-hetero) is 1. The van der Waals surface area contributed by atoms with E-state index in [9.17, 15) is 9.18 Å². The van der Waals surface area contributed by atoms with Crippen molar-refractivity contribution in [2.24, 2.45) is 0 Å². The molecule has 1 N–H and O–H groups in total. The van der Waals surface area contributed by atoms with E-state index in [1.807, 2.05) is 30.3 Å². The highest BCUT2D eigenvalue weighted by atomic mass is 19.1. The van der Waals surface area contributed by atoms with Crippen molar-refractivity contribution in [1.29, 1.82) is 0 Å². The number of rotatable bonds is 6. The summed E-state index contributed by atoms with van der Waals surface area (Å²) >= 11 is 0. The van der Waals surface area contributed by atoms with Crippen molar-refractivity contribution >= 4 is 16.7 Å². The molecule has 1 aliphatic carbocycles. The highest BCUT2D eigenvalue weighted by Crippen LogP contribution is 2.29. The molecule has 1 aromatic heterocycles. The van der Waals surface area contributed by atoms with Crippen molar-refractivity contribution < 1.29 is 9.18 Å². The summed E-state index contributed by atoms with van der Waals surface area (Å²) in [4.78, 5) is 18.0. The monoisotopic (exact) mass is 322 g/mol. The lowest BCUT2D eigenvalue weighted by Gasteiger charge is -2.21. The Morgan fingerprint density at radius 2 is 1.88 bits per heavy atom. The smallest absolute Gasteiger partial charge is 0.178 e. The van der Waals surface area contributed by atoms with E-state index in [0.29, 0.717) is 30.3 Å². The van der Waals surface area contributed by atoms with Crippen LogP contribution in [0.3, 0.4) is 0 Å². The van der Waals surface area contributed by atoms with Crippen LogP contribution in [-0.2, 0) is 6.54 Å². The predicted octanol–water partition coefficient (Wildman–Crippen LogP) is 4.15. The van der Waals surface area contributed by atoms with Crippen LogP contribution in [-0.4, -0.2) is 28.3 Å². The maximum atomic E-state index is 13.9. The molecule has 0 radical (unpaired) electrons. The number of hydrogen-bond acceptors (Lipinski definition) is 2. The molecule has 3 nitrogen and oxygen atoms in total. The zero-order valence-corrected chi connectivity index (χ0v) is 13.3. The van der Waals surface area contributed by atoms with Gasteiger partial charge in [0.15, 0.2) is 5.78 Å². The lowest BCUT2D eigenvalue weighted by atomic mass is 10.1. The molecule has 24 heavy (non-hydrogen) atoms. The third-order valence-corrected chi connectivity index (χ3v) is 4.63. The molecule has 0 aliphatic heterocycles. The number of nitrogens with zero attached hydrogens (tertiary/aromatic N) is 1. The second kappa shape index (κ2) is 6.21. The maximum absolute atomic E-state index is 13.9. The molecule has 122 valence electrons. The number of carbonyl (C=O) groups is 1. The van der Waals surface area contributed by atoms with Gasteiger partial charge in [0.1, 0.15) is 5.82 Å². The first-order valence-corrected chi connectivity index (χ1v) is 8.29. The molecule has 0 amide bonds. The van der Waals surface area contributed by atoms with Gasteiger partial charge in [-0.25, -0.2) is 4.39 Å². The Labute approximate surface area is 140 Å². The number of benzene rings is 2. The van der Waals surface area contributed by atoms with Crippen molar-refractivity contribution in [3.63, 3.8) is 0 Å². The van der Waals surface area contributed by atoms with E-state index >= 15 is 0 Å². The fourth-order valence-corrected chi connectivity index (χ4v) is 3.17. The van der Waals surface area contributed by atoms with E-state index in [1.54, 1.807) is 18.3 Å². The Bertz CT molecular complexity index is 882. The van der Waals surface area contributed by atoms with Gasteiger partial charge >= 0.3 is 0 Å². The van der Waals surface area contributed by atoms with Crippen molar-refractivity contribution in [2.75, 3.05) is 6.54 Å². The summed E-state index contributed by atoms with van der Waals surface area (Å²) in [7, 11) is 0. The highest BCUT2D eigenvalue weighted by molar-refractivity contribution is 6.08. The molecule has 1 heterocycles. The van der Waals surface area contributed by atoms with Crippen LogP contribution in [0.25, 0.3) is 10.9 Å². The lowest BCUT2D eigenvalue weighted by Crippen LogP contribution is -2.31. The number of ketones is 1. The van der Waals surface area contributed by atoms with E-state index in [-0.39, 0.29) is 11.6 Å².